The summed E-state index contributed by atoms with van der Waals surface area (Å²) in [5.41, 5.74) is 4.19. The number of aromatic nitrogens is 1. The van der Waals surface area contributed by atoms with E-state index in [1.54, 1.807) is 19.2 Å². The Morgan fingerprint density at radius 2 is 2.19 bits per heavy atom. The predicted octanol–water partition coefficient (Wildman–Crippen LogP) is 2.49. The maximum absolute atomic E-state index is 6.11. The molecular formula is C11H12ClN3O. The summed E-state index contributed by atoms with van der Waals surface area (Å²) in [6.45, 7) is 1.91. The van der Waals surface area contributed by atoms with E-state index in [1.165, 1.54) is 0 Å². The van der Waals surface area contributed by atoms with Gasteiger partial charge in [0.15, 0.2) is 0 Å². The molecule has 1 heterocycles. The molecule has 0 aliphatic heterocycles. The number of hydrazine groups is 1. The maximum Gasteiger partial charge on any atom is 0.145 e. The highest BCUT2D eigenvalue weighted by atomic mass is 35.5. The Labute approximate surface area is 98.3 Å². The number of nitrogens with two attached hydrogens (primary N) is 1. The number of halogens is 1. The lowest BCUT2D eigenvalue weighted by Crippen LogP contribution is -2.10. The van der Waals surface area contributed by atoms with E-state index in [9.17, 15) is 0 Å². The summed E-state index contributed by atoms with van der Waals surface area (Å²) in [6.07, 6.45) is 0. The van der Waals surface area contributed by atoms with Gasteiger partial charge >= 0.3 is 0 Å². The highest BCUT2D eigenvalue weighted by molar-refractivity contribution is 6.35. The number of hydrogen-bond acceptors (Lipinski definition) is 4. The minimum atomic E-state index is 0.619. The average molecular weight is 238 g/mol. The van der Waals surface area contributed by atoms with Crippen LogP contribution >= 0.6 is 11.6 Å². The Morgan fingerprint density at radius 1 is 1.44 bits per heavy atom. The summed E-state index contributed by atoms with van der Waals surface area (Å²) < 4.78 is 5.23. The molecule has 16 heavy (non-hydrogen) atoms. The minimum absolute atomic E-state index is 0.619. The van der Waals surface area contributed by atoms with Gasteiger partial charge in [0, 0.05) is 5.39 Å². The summed E-state index contributed by atoms with van der Waals surface area (Å²) in [7, 11) is 1.60. The second kappa shape index (κ2) is 4.15. The molecule has 0 aliphatic carbocycles. The molecule has 0 saturated heterocycles. The van der Waals surface area contributed by atoms with Crippen molar-refractivity contribution in [3.8, 4) is 5.75 Å². The van der Waals surface area contributed by atoms with Gasteiger partial charge in [-0.2, -0.15) is 0 Å². The van der Waals surface area contributed by atoms with Crippen LogP contribution in [0.2, 0.25) is 5.02 Å². The van der Waals surface area contributed by atoms with Crippen molar-refractivity contribution in [2.24, 2.45) is 5.84 Å². The molecule has 84 valence electrons. The van der Waals surface area contributed by atoms with Gasteiger partial charge in [0.1, 0.15) is 17.1 Å². The average Bonchev–Trinajstić information content (AvgIpc) is 2.30. The molecule has 4 nitrogen and oxygen atoms in total. The normalized spacial score (nSPS) is 10.5. The first-order chi connectivity index (χ1) is 7.67. The van der Waals surface area contributed by atoms with Crippen LogP contribution in [0, 0.1) is 6.92 Å². The Balaban J connectivity index is 2.83. The highest BCUT2D eigenvalue weighted by Crippen LogP contribution is 2.32. The number of nitrogens with one attached hydrogen (secondary N) is 1. The summed E-state index contributed by atoms with van der Waals surface area (Å²) in [4.78, 5) is 4.38. The predicted molar refractivity (Wildman–Crippen MR) is 65.9 cm³/mol. The van der Waals surface area contributed by atoms with Gasteiger partial charge < -0.3 is 10.2 Å². The third kappa shape index (κ3) is 1.66. The lowest BCUT2D eigenvalue weighted by atomic mass is 10.1. The zero-order valence-electron chi connectivity index (χ0n) is 9.04. The second-order valence-corrected chi connectivity index (χ2v) is 3.85. The van der Waals surface area contributed by atoms with Crippen LogP contribution < -0.4 is 16.0 Å². The lowest BCUT2D eigenvalue weighted by molar-refractivity contribution is 0.419. The Hall–Kier alpha value is -1.52. The smallest absolute Gasteiger partial charge is 0.145 e. The van der Waals surface area contributed by atoms with E-state index in [2.05, 4.69) is 10.4 Å². The van der Waals surface area contributed by atoms with E-state index >= 15 is 0 Å². The fraction of sp³-hybridized carbons (Fsp3) is 0.182. The largest absolute Gasteiger partial charge is 0.494 e. The van der Waals surface area contributed by atoms with Crippen molar-refractivity contribution in [3.63, 3.8) is 0 Å². The first kappa shape index (κ1) is 11.0. The van der Waals surface area contributed by atoms with Crippen LogP contribution in [-0.4, -0.2) is 12.1 Å². The fourth-order valence-corrected chi connectivity index (χ4v) is 1.82. The van der Waals surface area contributed by atoms with E-state index in [1.807, 2.05) is 13.0 Å². The van der Waals surface area contributed by atoms with E-state index in [4.69, 9.17) is 22.2 Å². The monoisotopic (exact) mass is 237 g/mol. The van der Waals surface area contributed by atoms with Crippen molar-refractivity contribution in [1.29, 1.82) is 0 Å². The van der Waals surface area contributed by atoms with E-state index in [-0.39, 0.29) is 0 Å². The number of aryl methyl sites for hydroxylation is 1. The molecular weight excluding hydrogens is 226 g/mol. The van der Waals surface area contributed by atoms with Gasteiger partial charge in [-0.05, 0) is 30.7 Å². The lowest BCUT2D eigenvalue weighted by Gasteiger charge is -2.10. The Bertz CT molecular complexity index is 542. The zero-order valence-corrected chi connectivity index (χ0v) is 9.80. The van der Waals surface area contributed by atoms with Gasteiger partial charge in [0.05, 0.1) is 12.1 Å². The summed E-state index contributed by atoms with van der Waals surface area (Å²) in [5, 5.41) is 1.51. The molecule has 1 aromatic carbocycles. The molecule has 0 aliphatic rings. The molecule has 5 heteroatoms. The number of hydrogen-bond donors (Lipinski definition) is 2. The molecule has 0 unspecified atom stereocenters. The molecule has 0 spiro atoms. The molecule has 2 rings (SSSR count). The van der Waals surface area contributed by atoms with Gasteiger partial charge in [0.25, 0.3) is 0 Å². The van der Waals surface area contributed by atoms with Gasteiger partial charge in [-0.3, -0.25) is 0 Å². The fourth-order valence-electron chi connectivity index (χ4n) is 1.61. The van der Waals surface area contributed by atoms with Crippen molar-refractivity contribution in [2.45, 2.75) is 6.92 Å². The second-order valence-electron chi connectivity index (χ2n) is 3.44. The maximum atomic E-state index is 6.11. The SMILES string of the molecule is COc1ccc(Cl)c2cc(C)c(NN)nc12. The van der Waals surface area contributed by atoms with Crippen LogP contribution in [0.4, 0.5) is 5.82 Å². The van der Waals surface area contributed by atoms with Crippen LogP contribution in [0.3, 0.4) is 0 Å². The van der Waals surface area contributed by atoms with Crippen LogP contribution in [0.1, 0.15) is 5.56 Å². The van der Waals surface area contributed by atoms with Crippen molar-refractivity contribution >= 4 is 28.3 Å². The number of nitrogen functional groups attached to an aromatic ring is 1. The molecule has 0 bridgehead atoms. The Kier molecular flexibility index (Phi) is 2.85. The van der Waals surface area contributed by atoms with Gasteiger partial charge in [-0.15, -0.1) is 0 Å². The summed E-state index contributed by atoms with van der Waals surface area (Å²) in [6, 6.07) is 5.51. The van der Waals surface area contributed by atoms with Crippen LogP contribution in [0.5, 0.6) is 5.75 Å². The molecule has 3 N–H and O–H groups in total. The van der Waals surface area contributed by atoms with E-state index in [0.29, 0.717) is 22.1 Å². The first-order valence-corrected chi connectivity index (χ1v) is 5.15. The summed E-state index contributed by atoms with van der Waals surface area (Å²) >= 11 is 6.11. The molecule has 0 fully saturated rings. The van der Waals surface area contributed by atoms with Crippen molar-refractivity contribution in [2.75, 3.05) is 12.5 Å². The molecule has 1 aromatic heterocycles. The van der Waals surface area contributed by atoms with Gasteiger partial charge in [0.2, 0.25) is 0 Å². The molecule has 0 amide bonds. The quantitative estimate of drug-likeness (QED) is 0.622. The number of rotatable bonds is 2. The minimum Gasteiger partial charge on any atom is -0.494 e. The van der Waals surface area contributed by atoms with E-state index in [0.717, 1.165) is 10.9 Å². The number of pyridine rings is 1. The van der Waals surface area contributed by atoms with Crippen molar-refractivity contribution in [1.82, 2.24) is 4.98 Å². The van der Waals surface area contributed by atoms with Gasteiger partial charge in [-0.1, -0.05) is 11.6 Å². The number of ether oxygens (including phenoxy) is 1. The third-order valence-corrected chi connectivity index (χ3v) is 2.77. The van der Waals surface area contributed by atoms with Crippen LogP contribution in [-0.2, 0) is 0 Å². The van der Waals surface area contributed by atoms with Crippen molar-refractivity contribution in [3.05, 3.63) is 28.8 Å². The Morgan fingerprint density at radius 3 is 2.81 bits per heavy atom. The first-order valence-electron chi connectivity index (χ1n) is 4.78. The van der Waals surface area contributed by atoms with Gasteiger partial charge in [-0.25, -0.2) is 10.8 Å². The zero-order chi connectivity index (χ0) is 11.7. The summed E-state index contributed by atoms with van der Waals surface area (Å²) in [5.74, 6) is 6.68. The number of methoxy groups -OCH3 is 1. The molecule has 0 saturated carbocycles. The van der Waals surface area contributed by atoms with Crippen molar-refractivity contribution < 1.29 is 4.74 Å². The number of anilines is 1. The van der Waals surface area contributed by atoms with Crippen LogP contribution in [0.25, 0.3) is 10.9 Å². The topological polar surface area (TPSA) is 60.2 Å². The molecule has 0 atom stereocenters. The van der Waals surface area contributed by atoms with E-state index < -0.39 is 0 Å². The third-order valence-electron chi connectivity index (χ3n) is 2.44. The highest BCUT2D eigenvalue weighted by Gasteiger charge is 2.09. The number of fused-ring (bicyclic) bond motifs is 1. The number of benzene rings is 1. The standard InChI is InChI=1S/C11H12ClN3O/c1-6-5-7-8(12)3-4-9(16-2)10(7)14-11(6)15-13/h3-5H,13H2,1-2H3,(H,14,15). The molecule has 2 aromatic rings. The molecule has 0 radical (unpaired) electrons. The van der Waals surface area contributed by atoms with Crippen LogP contribution in [0.15, 0.2) is 18.2 Å². The number of nitrogens with zero attached hydrogens (tertiary/aromatic N) is 1.